The third-order valence-electron chi connectivity index (χ3n) is 1.30. The third-order valence-corrected chi connectivity index (χ3v) is 1.30. The largest absolute Gasteiger partial charge is 0.338 e. The first kappa shape index (κ1) is 10.9. The summed E-state index contributed by atoms with van der Waals surface area (Å²) in [4.78, 5) is 21.2. The average molecular weight is 172 g/mol. The molecule has 0 heterocycles. The Labute approximate surface area is 72.7 Å². The monoisotopic (exact) mass is 172 g/mol. The fourth-order valence-corrected chi connectivity index (χ4v) is 0.678. The van der Waals surface area contributed by atoms with Crippen LogP contribution in [-0.4, -0.2) is 18.5 Å². The van der Waals surface area contributed by atoms with E-state index in [1.807, 2.05) is 0 Å². The van der Waals surface area contributed by atoms with E-state index in [2.05, 4.69) is 24.5 Å². The quantitative estimate of drug-likeness (QED) is 0.664. The summed E-state index contributed by atoms with van der Waals surface area (Å²) < 4.78 is 0. The van der Waals surface area contributed by atoms with Crippen LogP contribution in [-0.2, 0) is 4.79 Å². The zero-order valence-corrected chi connectivity index (χ0v) is 7.81. The first-order chi connectivity index (χ1) is 5.52. The summed E-state index contributed by atoms with van der Waals surface area (Å²) in [6.07, 6.45) is 0.922. The van der Waals surface area contributed by atoms with Crippen LogP contribution in [0.5, 0.6) is 0 Å². The molecule has 12 heavy (non-hydrogen) atoms. The summed E-state index contributed by atoms with van der Waals surface area (Å²) in [6.45, 7) is 6.06. The van der Waals surface area contributed by atoms with Gasteiger partial charge in [0, 0.05) is 13.5 Å². The van der Waals surface area contributed by atoms with Crippen LogP contribution in [0.3, 0.4) is 0 Å². The molecular formula is C8H16N2O2. The number of carbonyl (C=O) groups excluding carboxylic acids is 2. The van der Waals surface area contributed by atoms with Crippen LogP contribution in [0, 0.1) is 5.92 Å². The predicted molar refractivity (Wildman–Crippen MR) is 46.7 cm³/mol. The Morgan fingerprint density at radius 2 is 1.92 bits per heavy atom. The summed E-state index contributed by atoms with van der Waals surface area (Å²) in [5.41, 5.74) is 0. The second kappa shape index (κ2) is 5.57. The molecule has 0 aliphatic carbocycles. The highest BCUT2D eigenvalue weighted by Gasteiger charge is 2.01. The Morgan fingerprint density at radius 1 is 1.33 bits per heavy atom. The van der Waals surface area contributed by atoms with Gasteiger partial charge in [0.15, 0.2) is 0 Å². The molecule has 70 valence electrons. The number of hydrogen-bond donors (Lipinski definition) is 2. The number of imide groups is 1. The van der Waals surface area contributed by atoms with E-state index in [0.717, 1.165) is 6.42 Å². The van der Waals surface area contributed by atoms with Crippen molar-refractivity contribution in [1.82, 2.24) is 10.6 Å². The molecule has 0 unspecified atom stereocenters. The number of rotatable bonds is 3. The molecule has 0 fully saturated rings. The van der Waals surface area contributed by atoms with Crippen LogP contribution in [0.4, 0.5) is 4.79 Å². The van der Waals surface area contributed by atoms with Gasteiger partial charge in [-0.05, 0) is 12.3 Å². The van der Waals surface area contributed by atoms with Crippen LogP contribution in [0.15, 0.2) is 0 Å². The maximum Gasteiger partial charge on any atom is 0.321 e. The van der Waals surface area contributed by atoms with E-state index in [0.29, 0.717) is 12.5 Å². The topological polar surface area (TPSA) is 58.2 Å². The molecular weight excluding hydrogens is 156 g/mol. The fourth-order valence-electron chi connectivity index (χ4n) is 0.678. The minimum atomic E-state index is -0.414. The number of amides is 3. The molecule has 4 heteroatoms. The normalized spacial score (nSPS) is 9.67. The SMILES string of the molecule is CC(=O)NC(=O)NCCC(C)C. The van der Waals surface area contributed by atoms with Gasteiger partial charge in [0.25, 0.3) is 0 Å². The van der Waals surface area contributed by atoms with Crippen LogP contribution >= 0.6 is 0 Å². The van der Waals surface area contributed by atoms with Gasteiger partial charge in [-0.25, -0.2) is 4.79 Å². The molecule has 3 amide bonds. The Morgan fingerprint density at radius 3 is 2.33 bits per heavy atom. The van der Waals surface area contributed by atoms with E-state index in [1.54, 1.807) is 0 Å². The number of hydrogen-bond acceptors (Lipinski definition) is 2. The first-order valence-corrected chi connectivity index (χ1v) is 4.07. The molecule has 2 N–H and O–H groups in total. The first-order valence-electron chi connectivity index (χ1n) is 4.07. The smallest absolute Gasteiger partial charge is 0.321 e. The molecule has 0 saturated carbocycles. The highest BCUT2D eigenvalue weighted by Crippen LogP contribution is 1.95. The second-order valence-corrected chi connectivity index (χ2v) is 3.12. The van der Waals surface area contributed by atoms with Crippen molar-refractivity contribution in [2.75, 3.05) is 6.54 Å². The molecule has 0 radical (unpaired) electrons. The van der Waals surface area contributed by atoms with Crippen LogP contribution in [0.2, 0.25) is 0 Å². The molecule has 0 aliphatic rings. The predicted octanol–water partition coefficient (Wildman–Crippen LogP) is 0.878. The van der Waals surface area contributed by atoms with Gasteiger partial charge >= 0.3 is 6.03 Å². The van der Waals surface area contributed by atoms with E-state index < -0.39 is 6.03 Å². The second-order valence-electron chi connectivity index (χ2n) is 3.12. The van der Waals surface area contributed by atoms with E-state index in [-0.39, 0.29) is 5.91 Å². The molecule has 0 rings (SSSR count). The Hall–Kier alpha value is -1.06. The van der Waals surface area contributed by atoms with Crippen molar-refractivity contribution in [2.24, 2.45) is 5.92 Å². The van der Waals surface area contributed by atoms with Crippen LogP contribution in [0.1, 0.15) is 27.2 Å². The lowest BCUT2D eigenvalue weighted by molar-refractivity contribution is -0.117. The standard InChI is InChI=1S/C8H16N2O2/c1-6(2)4-5-9-8(12)10-7(3)11/h6H,4-5H2,1-3H3,(H2,9,10,11,12). The number of carbonyl (C=O) groups is 2. The van der Waals surface area contributed by atoms with Crippen molar-refractivity contribution in [1.29, 1.82) is 0 Å². The van der Waals surface area contributed by atoms with E-state index >= 15 is 0 Å². The lowest BCUT2D eigenvalue weighted by Crippen LogP contribution is -2.38. The molecule has 0 saturated heterocycles. The fraction of sp³-hybridized carbons (Fsp3) is 0.750. The van der Waals surface area contributed by atoms with Gasteiger partial charge in [0.1, 0.15) is 0 Å². The third kappa shape index (κ3) is 7.05. The molecule has 0 spiro atoms. The maximum absolute atomic E-state index is 10.8. The van der Waals surface area contributed by atoms with Gasteiger partial charge in [0.05, 0.1) is 0 Å². The highest BCUT2D eigenvalue weighted by atomic mass is 16.2. The lowest BCUT2D eigenvalue weighted by atomic mass is 10.1. The van der Waals surface area contributed by atoms with E-state index in [1.165, 1.54) is 6.92 Å². The van der Waals surface area contributed by atoms with Gasteiger partial charge in [-0.2, -0.15) is 0 Å². The minimum absolute atomic E-state index is 0.336. The summed E-state index contributed by atoms with van der Waals surface area (Å²) in [7, 11) is 0. The van der Waals surface area contributed by atoms with Crippen LogP contribution in [0.25, 0.3) is 0 Å². The molecule has 4 nitrogen and oxygen atoms in total. The van der Waals surface area contributed by atoms with E-state index in [9.17, 15) is 9.59 Å². The Kier molecular flexibility index (Phi) is 5.08. The van der Waals surface area contributed by atoms with Gasteiger partial charge in [-0.1, -0.05) is 13.8 Å². The Balaban J connectivity index is 3.38. The molecule has 0 aliphatic heterocycles. The Bertz CT molecular complexity index is 166. The van der Waals surface area contributed by atoms with Crippen molar-refractivity contribution in [2.45, 2.75) is 27.2 Å². The van der Waals surface area contributed by atoms with Gasteiger partial charge in [0.2, 0.25) is 5.91 Å². The van der Waals surface area contributed by atoms with E-state index in [4.69, 9.17) is 0 Å². The van der Waals surface area contributed by atoms with Crippen molar-refractivity contribution in [3.05, 3.63) is 0 Å². The van der Waals surface area contributed by atoms with Crippen molar-refractivity contribution in [3.63, 3.8) is 0 Å². The molecule has 0 aromatic carbocycles. The van der Waals surface area contributed by atoms with Gasteiger partial charge < -0.3 is 5.32 Å². The van der Waals surface area contributed by atoms with Gasteiger partial charge in [-0.15, -0.1) is 0 Å². The molecule has 0 aromatic rings. The van der Waals surface area contributed by atoms with Crippen LogP contribution < -0.4 is 10.6 Å². The molecule has 0 bridgehead atoms. The van der Waals surface area contributed by atoms with Crippen molar-refractivity contribution >= 4 is 11.9 Å². The summed E-state index contributed by atoms with van der Waals surface area (Å²) in [5.74, 6) is 0.222. The highest BCUT2D eigenvalue weighted by molar-refractivity contribution is 5.92. The number of urea groups is 1. The maximum atomic E-state index is 10.8. The van der Waals surface area contributed by atoms with Crippen molar-refractivity contribution in [3.8, 4) is 0 Å². The van der Waals surface area contributed by atoms with Crippen molar-refractivity contribution < 1.29 is 9.59 Å². The molecule has 0 aromatic heterocycles. The average Bonchev–Trinajstić information content (AvgIpc) is 1.84. The van der Waals surface area contributed by atoms with Gasteiger partial charge in [-0.3, -0.25) is 10.1 Å². The zero-order chi connectivity index (χ0) is 9.56. The zero-order valence-electron chi connectivity index (χ0n) is 7.81. The lowest BCUT2D eigenvalue weighted by Gasteiger charge is -2.06. The summed E-state index contributed by atoms with van der Waals surface area (Å²) in [6, 6.07) is -0.414. The molecule has 0 atom stereocenters. The minimum Gasteiger partial charge on any atom is -0.338 e. The summed E-state index contributed by atoms with van der Waals surface area (Å²) in [5, 5.41) is 4.70. The number of nitrogens with one attached hydrogen (secondary N) is 2. The summed E-state index contributed by atoms with van der Waals surface area (Å²) >= 11 is 0.